The number of hydrogen-bond donors (Lipinski definition) is 1. The normalized spacial score (nSPS) is 16.2. The molecule has 0 saturated carbocycles. The lowest BCUT2D eigenvalue weighted by atomic mass is 10.0. The third kappa shape index (κ3) is 3.13. The molecule has 1 aliphatic rings. The molecular formula is C22H23N3S. The van der Waals surface area contributed by atoms with E-state index in [-0.39, 0.29) is 6.04 Å². The van der Waals surface area contributed by atoms with E-state index in [1.807, 2.05) is 0 Å². The first kappa shape index (κ1) is 16.9. The SMILES string of the molecule is Cc1ccc(C)c(NC(=S)N2CCn3cccc3C2c2ccccc2)c1. The van der Waals surface area contributed by atoms with Crippen molar-refractivity contribution in [2.24, 2.45) is 0 Å². The smallest absolute Gasteiger partial charge is 0.174 e. The van der Waals surface area contributed by atoms with E-state index < -0.39 is 0 Å². The predicted octanol–water partition coefficient (Wildman–Crippen LogP) is 4.91. The molecule has 1 N–H and O–H groups in total. The van der Waals surface area contributed by atoms with Crippen molar-refractivity contribution in [2.75, 3.05) is 11.9 Å². The summed E-state index contributed by atoms with van der Waals surface area (Å²) in [4.78, 5) is 2.31. The van der Waals surface area contributed by atoms with Gasteiger partial charge in [-0.2, -0.15) is 0 Å². The van der Waals surface area contributed by atoms with E-state index in [0.29, 0.717) is 0 Å². The number of anilines is 1. The molecule has 1 atom stereocenters. The van der Waals surface area contributed by atoms with Gasteiger partial charge in [-0.1, -0.05) is 42.5 Å². The molecule has 4 rings (SSSR count). The Morgan fingerprint density at radius 3 is 2.62 bits per heavy atom. The Bertz CT molecular complexity index is 930. The first-order chi connectivity index (χ1) is 12.6. The molecule has 0 fully saturated rings. The van der Waals surface area contributed by atoms with Crippen molar-refractivity contribution < 1.29 is 0 Å². The van der Waals surface area contributed by atoms with Crippen molar-refractivity contribution in [1.82, 2.24) is 9.47 Å². The lowest BCUT2D eigenvalue weighted by Crippen LogP contribution is -2.44. The van der Waals surface area contributed by atoms with Gasteiger partial charge in [0.25, 0.3) is 0 Å². The maximum atomic E-state index is 5.84. The molecule has 4 heteroatoms. The molecular weight excluding hydrogens is 338 g/mol. The second-order valence-electron chi connectivity index (χ2n) is 6.88. The topological polar surface area (TPSA) is 20.2 Å². The van der Waals surface area contributed by atoms with Crippen molar-refractivity contribution in [1.29, 1.82) is 0 Å². The number of aromatic nitrogens is 1. The molecule has 1 unspecified atom stereocenters. The van der Waals surface area contributed by atoms with Gasteiger partial charge in [0.05, 0.1) is 6.04 Å². The number of nitrogens with one attached hydrogen (secondary N) is 1. The van der Waals surface area contributed by atoms with Gasteiger partial charge in [-0.05, 0) is 61.0 Å². The number of aryl methyl sites for hydroxylation is 2. The minimum Gasteiger partial charge on any atom is -0.348 e. The Balaban J connectivity index is 1.68. The summed E-state index contributed by atoms with van der Waals surface area (Å²) >= 11 is 5.84. The van der Waals surface area contributed by atoms with E-state index in [0.717, 1.165) is 23.9 Å². The van der Waals surface area contributed by atoms with Gasteiger partial charge in [-0.25, -0.2) is 0 Å². The van der Waals surface area contributed by atoms with Crippen LogP contribution >= 0.6 is 12.2 Å². The quantitative estimate of drug-likeness (QED) is 0.655. The summed E-state index contributed by atoms with van der Waals surface area (Å²) in [6, 6.07) is 21.5. The average molecular weight is 362 g/mol. The molecule has 0 radical (unpaired) electrons. The number of fused-ring (bicyclic) bond motifs is 1. The second kappa shape index (κ2) is 6.96. The molecule has 1 aromatic heterocycles. The second-order valence-corrected chi connectivity index (χ2v) is 7.27. The number of nitrogens with zero attached hydrogens (tertiary/aromatic N) is 2. The third-order valence-corrected chi connectivity index (χ3v) is 5.39. The molecule has 3 aromatic rings. The minimum atomic E-state index is 0.130. The molecule has 0 amide bonds. The van der Waals surface area contributed by atoms with E-state index in [1.54, 1.807) is 0 Å². The molecule has 0 saturated heterocycles. The van der Waals surface area contributed by atoms with Crippen LogP contribution in [0.25, 0.3) is 0 Å². The van der Waals surface area contributed by atoms with Gasteiger partial charge in [0, 0.05) is 30.7 Å². The molecule has 132 valence electrons. The van der Waals surface area contributed by atoms with Gasteiger partial charge in [0.2, 0.25) is 0 Å². The van der Waals surface area contributed by atoms with E-state index in [2.05, 4.69) is 95.5 Å². The molecule has 3 nitrogen and oxygen atoms in total. The summed E-state index contributed by atoms with van der Waals surface area (Å²) in [5, 5.41) is 4.27. The van der Waals surface area contributed by atoms with Crippen molar-refractivity contribution in [3.8, 4) is 0 Å². The summed E-state index contributed by atoms with van der Waals surface area (Å²) in [6.07, 6.45) is 2.16. The van der Waals surface area contributed by atoms with Crippen LogP contribution in [-0.4, -0.2) is 21.1 Å². The minimum absolute atomic E-state index is 0.130. The van der Waals surface area contributed by atoms with E-state index in [4.69, 9.17) is 12.2 Å². The highest BCUT2D eigenvalue weighted by Crippen LogP contribution is 2.33. The highest BCUT2D eigenvalue weighted by molar-refractivity contribution is 7.80. The number of rotatable bonds is 2. The molecule has 2 aromatic carbocycles. The van der Waals surface area contributed by atoms with Crippen LogP contribution in [0.5, 0.6) is 0 Å². The van der Waals surface area contributed by atoms with E-state index in [9.17, 15) is 0 Å². The van der Waals surface area contributed by atoms with Crippen LogP contribution in [-0.2, 0) is 6.54 Å². The predicted molar refractivity (Wildman–Crippen MR) is 112 cm³/mol. The Hall–Kier alpha value is -2.59. The molecule has 0 spiro atoms. The van der Waals surface area contributed by atoms with Crippen molar-refractivity contribution in [3.63, 3.8) is 0 Å². The lowest BCUT2D eigenvalue weighted by molar-refractivity contribution is 0.293. The summed E-state index contributed by atoms with van der Waals surface area (Å²) in [6.45, 7) is 6.05. The third-order valence-electron chi connectivity index (χ3n) is 5.05. The van der Waals surface area contributed by atoms with Gasteiger partial charge < -0.3 is 14.8 Å². The molecule has 0 bridgehead atoms. The van der Waals surface area contributed by atoms with Crippen molar-refractivity contribution in [3.05, 3.63) is 89.2 Å². The zero-order chi connectivity index (χ0) is 18.1. The summed E-state index contributed by atoms with van der Waals surface area (Å²) < 4.78 is 2.33. The monoisotopic (exact) mass is 361 g/mol. The molecule has 1 aliphatic heterocycles. The number of benzene rings is 2. The van der Waals surface area contributed by atoms with Crippen LogP contribution in [0.2, 0.25) is 0 Å². The maximum Gasteiger partial charge on any atom is 0.174 e. The Labute approximate surface area is 160 Å². The Morgan fingerprint density at radius 2 is 1.81 bits per heavy atom. The van der Waals surface area contributed by atoms with Crippen LogP contribution < -0.4 is 5.32 Å². The van der Waals surface area contributed by atoms with E-state index in [1.165, 1.54) is 22.4 Å². The summed E-state index contributed by atoms with van der Waals surface area (Å²) in [5.41, 5.74) is 6.07. The number of thiocarbonyl (C=S) groups is 1. The van der Waals surface area contributed by atoms with Gasteiger partial charge in [0.1, 0.15) is 0 Å². The van der Waals surface area contributed by atoms with Crippen LogP contribution in [0.4, 0.5) is 5.69 Å². The van der Waals surface area contributed by atoms with Gasteiger partial charge in [-0.3, -0.25) is 0 Å². The highest BCUT2D eigenvalue weighted by atomic mass is 32.1. The van der Waals surface area contributed by atoms with Gasteiger partial charge in [-0.15, -0.1) is 0 Å². The fraction of sp³-hybridized carbons (Fsp3) is 0.227. The van der Waals surface area contributed by atoms with Crippen LogP contribution in [0.15, 0.2) is 66.9 Å². The highest BCUT2D eigenvalue weighted by Gasteiger charge is 2.30. The summed E-state index contributed by atoms with van der Waals surface area (Å²) in [5.74, 6) is 0. The largest absolute Gasteiger partial charge is 0.348 e. The zero-order valence-corrected chi connectivity index (χ0v) is 16.0. The fourth-order valence-electron chi connectivity index (χ4n) is 3.65. The first-order valence-corrected chi connectivity index (χ1v) is 9.39. The molecule has 0 aliphatic carbocycles. The fourth-order valence-corrected chi connectivity index (χ4v) is 3.95. The van der Waals surface area contributed by atoms with Crippen molar-refractivity contribution >= 4 is 23.0 Å². The standard InChI is InChI=1S/C22H23N3S/c1-16-10-11-17(2)19(15-16)23-22(26)25-14-13-24-12-6-9-20(24)21(25)18-7-4-3-5-8-18/h3-12,15,21H,13-14H2,1-2H3,(H,23,26). The van der Waals surface area contributed by atoms with Crippen LogP contribution in [0.3, 0.4) is 0 Å². The Kier molecular flexibility index (Phi) is 4.51. The van der Waals surface area contributed by atoms with Crippen LogP contribution in [0.1, 0.15) is 28.4 Å². The molecule has 2 heterocycles. The number of hydrogen-bond acceptors (Lipinski definition) is 1. The van der Waals surface area contributed by atoms with Crippen LogP contribution in [0, 0.1) is 13.8 Å². The van der Waals surface area contributed by atoms with Gasteiger partial charge >= 0.3 is 0 Å². The van der Waals surface area contributed by atoms with Crippen molar-refractivity contribution in [2.45, 2.75) is 26.4 Å². The first-order valence-electron chi connectivity index (χ1n) is 8.98. The van der Waals surface area contributed by atoms with E-state index >= 15 is 0 Å². The lowest BCUT2D eigenvalue weighted by Gasteiger charge is -2.39. The average Bonchev–Trinajstić information content (AvgIpc) is 3.13. The molecule has 26 heavy (non-hydrogen) atoms. The summed E-state index contributed by atoms with van der Waals surface area (Å²) in [7, 11) is 0. The maximum absolute atomic E-state index is 5.84. The zero-order valence-electron chi connectivity index (χ0n) is 15.1. The Morgan fingerprint density at radius 1 is 1.00 bits per heavy atom. The van der Waals surface area contributed by atoms with Gasteiger partial charge in [0.15, 0.2) is 5.11 Å².